The maximum Gasteiger partial charge on any atom is 0.263 e. The van der Waals surface area contributed by atoms with Crippen molar-refractivity contribution in [1.29, 1.82) is 0 Å². The Labute approximate surface area is 125 Å². The van der Waals surface area contributed by atoms with Crippen LogP contribution in [0.15, 0.2) is 41.4 Å². The van der Waals surface area contributed by atoms with Crippen molar-refractivity contribution in [1.82, 2.24) is 10.3 Å². The standard InChI is InChI=1S/C15H21N3O2S/c1-3-8-16-10-14-9-15(11-17-14)21(19,20)18-13-6-4-12(2)5-7-13/h4-7,9,11,16-18H,3,8,10H2,1-2H3. The van der Waals surface area contributed by atoms with Crippen LogP contribution in [0.3, 0.4) is 0 Å². The summed E-state index contributed by atoms with van der Waals surface area (Å²) < 4.78 is 27.1. The number of nitrogens with one attached hydrogen (secondary N) is 3. The molecule has 0 aliphatic carbocycles. The molecule has 0 fully saturated rings. The fourth-order valence-electron chi connectivity index (χ4n) is 1.91. The van der Waals surface area contributed by atoms with Gasteiger partial charge in [0.15, 0.2) is 0 Å². The number of rotatable bonds is 7. The number of anilines is 1. The van der Waals surface area contributed by atoms with E-state index in [1.165, 1.54) is 6.20 Å². The van der Waals surface area contributed by atoms with Crippen LogP contribution >= 0.6 is 0 Å². The van der Waals surface area contributed by atoms with Gasteiger partial charge in [-0.05, 0) is 38.1 Å². The van der Waals surface area contributed by atoms with E-state index in [0.29, 0.717) is 12.2 Å². The van der Waals surface area contributed by atoms with Gasteiger partial charge >= 0.3 is 0 Å². The topological polar surface area (TPSA) is 74.0 Å². The monoisotopic (exact) mass is 307 g/mol. The molecule has 114 valence electrons. The SMILES string of the molecule is CCCNCc1cc(S(=O)(=O)Nc2ccc(C)cc2)c[nH]1. The minimum atomic E-state index is -3.54. The van der Waals surface area contributed by atoms with Crippen LogP contribution in [0.2, 0.25) is 0 Å². The molecule has 3 N–H and O–H groups in total. The lowest BCUT2D eigenvalue weighted by Gasteiger charge is -2.06. The third kappa shape index (κ3) is 4.34. The molecule has 6 heteroatoms. The molecule has 0 aliphatic heterocycles. The zero-order chi connectivity index (χ0) is 15.3. The lowest BCUT2D eigenvalue weighted by atomic mass is 10.2. The molecule has 1 aromatic carbocycles. The summed E-state index contributed by atoms with van der Waals surface area (Å²) in [4.78, 5) is 3.23. The van der Waals surface area contributed by atoms with E-state index in [2.05, 4.69) is 21.9 Å². The van der Waals surface area contributed by atoms with E-state index in [9.17, 15) is 8.42 Å². The van der Waals surface area contributed by atoms with Crippen LogP contribution < -0.4 is 10.0 Å². The molecule has 0 saturated carbocycles. The summed E-state index contributed by atoms with van der Waals surface area (Å²) >= 11 is 0. The molecule has 0 amide bonds. The van der Waals surface area contributed by atoms with E-state index < -0.39 is 10.0 Å². The Morgan fingerprint density at radius 1 is 1.19 bits per heavy atom. The maximum atomic E-state index is 12.3. The van der Waals surface area contributed by atoms with Gasteiger partial charge in [-0.2, -0.15) is 0 Å². The number of hydrogen-bond donors (Lipinski definition) is 3. The summed E-state index contributed by atoms with van der Waals surface area (Å²) in [5.74, 6) is 0. The summed E-state index contributed by atoms with van der Waals surface area (Å²) in [7, 11) is -3.54. The van der Waals surface area contributed by atoms with Crippen molar-refractivity contribution in [3.05, 3.63) is 47.8 Å². The van der Waals surface area contributed by atoms with Crippen molar-refractivity contribution < 1.29 is 8.42 Å². The third-order valence-corrected chi connectivity index (χ3v) is 4.43. The van der Waals surface area contributed by atoms with E-state index in [-0.39, 0.29) is 4.90 Å². The quantitative estimate of drug-likeness (QED) is 0.688. The summed E-state index contributed by atoms with van der Waals surface area (Å²) in [5, 5.41) is 3.23. The van der Waals surface area contributed by atoms with Gasteiger partial charge in [0.2, 0.25) is 0 Å². The average Bonchev–Trinajstić information content (AvgIpc) is 2.91. The van der Waals surface area contributed by atoms with Gasteiger partial charge in [-0.25, -0.2) is 8.42 Å². The molecular weight excluding hydrogens is 286 g/mol. The van der Waals surface area contributed by atoms with Gasteiger partial charge in [-0.3, -0.25) is 4.72 Å². The number of hydrogen-bond acceptors (Lipinski definition) is 3. The van der Waals surface area contributed by atoms with Crippen molar-refractivity contribution in [2.75, 3.05) is 11.3 Å². The molecule has 1 heterocycles. The van der Waals surface area contributed by atoms with Crippen LogP contribution in [0.4, 0.5) is 5.69 Å². The summed E-state index contributed by atoms with van der Waals surface area (Å²) in [5.41, 5.74) is 2.50. The molecule has 0 bridgehead atoms. The Bertz CT molecular complexity index is 675. The van der Waals surface area contributed by atoms with Crippen molar-refractivity contribution in [3.63, 3.8) is 0 Å². The average molecular weight is 307 g/mol. The third-order valence-electron chi connectivity index (χ3n) is 3.07. The first-order valence-electron chi connectivity index (χ1n) is 6.99. The molecule has 1 aromatic heterocycles. The van der Waals surface area contributed by atoms with E-state index in [1.807, 2.05) is 19.1 Å². The first-order chi connectivity index (χ1) is 10.0. The van der Waals surface area contributed by atoms with E-state index in [1.54, 1.807) is 18.2 Å². The van der Waals surface area contributed by atoms with Crippen molar-refractivity contribution >= 4 is 15.7 Å². The van der Waals surface area contributed by atoms with Gasteiger partial charge in [0.1, 0.15) is 4.90 Å². The van der Waals surface area contributed by atoms with Crippen LogP contribution in [-0.4, -0.2) is 19.9 Å². The van der Waals surface area contributed by atoms with Crippen molar-refractivity contribution in [2.45, 2.75) is 31.7 Å². The molecule has 0 atom stereocenters. The van der Waals surface area contributed by atoms with Crippen molar-refractivity contribution in [3.8, 4) is 0 Å². The zero-order valence-electron chi connectivity index (χ0n) is 12.3. The van der Waals surface area contributed by atoms with Crippen molar-refractivity contribution in [2.24, 2.45) is 0 Å². The van der Waals surface area contributed by atoms with Crippen LogP contribution in [0.25, 0.3) is 0 Å². The predicted octanol–water partition coefficient (Wildman–Crippen LogP) is 2.62. The summed E-state index contributed by atoms with van der Waals surface area (Å²) in [6.07, 6.45) is 2.56. The molecule has 0 radical (unpaired) electrons. The fourth-order valence-corrected chi connectivity index (χ4v) is 2.99. The van der Waals surface area contributed by atoms with Crippen LogP contribution in [0, 0.1) is 6.92 Å². The second-order valence-electron chi connectivity index (χ2n) is 5.01. The molecule has 0 aliphatic rings. The van der Waals surface area contributed by atoms with E-state index in [0.717, 1.165) is 24.2 Å². The minimum absolute atomic E-state index is 0.247. The maximum absolute atomic E-state index is 12.3. The Kier molecular flexibility index (Phi) is 5.03. The molecule has 0 unspecified atom stereocenters. The molecule has 21 heavy (non-hydrogen) atoms. The zero-order valence-corrected chi connectivity index (χ0v) is 13.1. The first-order valence-corrected chi connectivity index (χ1v) is 8.47. The second kappa shape index (κ2) is 6.78. The van der Waals surface area contributed by atoms with Gasteiger partial charge in [0, 0.05) is 24.1 Å². The first kappa shape index (κ1) is 15.6. The van der Waals surface area contributed by atoms with E-state index in [4.69, 9.17) is 0 Å². The number of aromatic amines is 1. The van der Waals surface area contributed by atoms with Gasteiger partial charge in [0.05, 0.1) is 0 Å². The smallest absolute Gasteiger partial charge is 0.263 e. The van der Waals surface area contributed by atoms with Crippen LogP contribution in [-0.2, 0) is 16.6 Å². The summed E-state index contributed by atoms with van der Waals surface area (Å²) in [6, 6.07) is 8.90. The number of sulfonamides is 1. The lowest BCUT2D eigenvalue weighted by molar-refractivity contribution is 0.601. The number of H-pyrrole nitrogens is 1. The Morgan fingerprint density at radius 2 is 1.90 bits per heavy atom. The molecule has 0 spiro atoms. The Morgan fingerprint density at radius 3 is 2.57 bits per heavy atom. The molecule has 2 rings (SSSR count). The number of aryl methyl sites for hydroxylation is 1. The van der Waals surface area contributed by atoms with Gasteiger partial charge in [-0.15, -0.1) is 0 Å². The lowest BCUT2D eigenvalue weighted by Crippen LogP contribution is -2.14. The molecular formula is C15H21N3O2S. The molecule has 2 aromatic rings. The minimum Gasteiger partial charge on any atom is -0.363 e. The highest BCUT2D eigenvalue weighted by Crippen LogP contribution is 2.17. The van der Waals surface area contributed by atoms with Crippen LogP contribution in [0.1, 0.15) is 24.6 Å². The number of aromatic nitrogens is 1. The van der Waals surface area contributed by atoms with E-state index >= 15 is 0 Å². The predicted molar refractivity (Wildman–Crippen MR) is 84.8 cm³/mol. The van der Waals surface area contributed by atoms with Gasteiger partial charge in [-0.1, -0.05) is 24.6 Å². The Balaban J connectivity index is 2.07. The number of benzene rings is 1. The Hall–Kier alpha value is -1.79. The van der Waals surface area contributed by atoms with Gasteiger partial charge in [0.25, 0.3) is 10.0 Å². The summed E-state index contributed by atoms with van der Waals surface area (Å²) in [6.45, 7) is 5.58. The second-order valence-corrected chi connectivity index (χ2v) is 6.69. The highest BCUT2D eigenvalue weighted by Gasteiger charge is 2.16. The molecule has 0 saturated heterocycles. The highest BCUT2D eigenvalue weighted by atomic mass is 32.2. The fraction of sp³-hybridized carbons (Fsp3) is 0.333. The largest absolute Gasteiger partial charge is 0.363 e. The highest BCUT2D eigenvalue weighted by molar-refractivity contribution is 7.92. The molecule has 5 nitrogen and oxygen atoms in total. The normalized spacial score (nSPS) is 11.5. The van der Waals surface area contributed by atoms with Crippen LogP contribution in [0.5, 0.6) is 0 Å². The van der Waals surface area contributed by atoms with Gasteiger partial charge < -0.3 is 10.3 Å².